The number of aryl methyl sites for hydroxylation is 1. The number of amides is 1. The molecular weight excluding hydrogens is 386 g/mol. The Labute approximate surface area is 156 Å². The molecule has 2 aromatic rings. The summed E-state index contributed by atoms with van der Waals surface area (Å²) in [5.74, 6) is -4.13. The fourth-order valence-electron chi connectivity index (χ4n) is 1.97. The van der Waals surface area contributed by atoms with E-state index in [0.717, 1.165) is 16.7 Å². The van der Waals surface area contributed by atoms with Gasteiger partial charge in [-0.3, -0.25) is 4.79 Å². The van der Waals surface area contributed by atoms with Crippen molar-refractivity contribution in [1.29, 1.82) is 5.26 Å². The first-order valence-corrected chi connectivity index (χ1v) is 8.29. The van der Waals surface area contributed by atoms with E-state index < -0.39 is 30.1 Å². The Morgan fingerprint density at radius 1 is 1.27 bits per heavy atom. The van der Waals surface area contributed by atoms with Crippen LogP contribution in [-0.2, 0) is 9.53 Å². The van der Waals surface area contributed by atoms with Gasteiger partial charge >= 0.3 is 5.97 Å². The molecule has 0 radical (unpaired) electrons. The molecule has 1 N–H and O–H groups in total. The minimum atomic E-state index is -1.25. The minimum Gasteiger partial charge on any atom is -0.452 e. The number of hydrogen-bond donors (Lipinski definition) is 1. The second kappa shape index (κ2) is 8.65. The lowest BCUT2D eigenvalue weighted by molar-refractivity contribution is -0.119. The molecule has 0 saturated carbocycles. The molecule has 2 aromatic carbocycles. The van der Waals surface area contributed by atoms with E-state index in [1.807, 2.05) is 5.40 Å². The summed E-state index contributed by atoms with van der Waals surface area (Å²) >= 11 is 6.66. The predicted molar refractivity (Wildman–Crippen MR) is 92.9 cm³/mol. The molecule has 0 saturated heterocycles. The average Bonchev–Trinajstić information content (AvgIpc) is 2.58. The minimum absolute atomic E-state index is 0.323. The Kier molecular flexibility index (Phi) is 6.55. The number of rotatable bonds is 5. The van der Waals surface area contributed by atoms with Gasteiger partial charge in [0.2, 0.25) is 0 Å². The summed E-state index contributed by atoms with van der Waals surface area (Å²) in [5.41, 5.74) is 0.820. The number of thiocyanates is 1. The fraction of sp³-hybridized carbons (Fsp3) is 0.118. The Hall–Kier alpha value is -2.63. The second-order valence-electron chi connectivity index (χ2n) is 5.04. The third-order valence-electron chi connectivity index (χ3n) is 3.20. The zero-order chi connectivity index (χ0) is 19.3. The third-order valence-corrected chi connectivity index (χ3v) is 4.09. The van der Waals surface area contributed by atoms with Crippen LogP contribution in [0.5, 0.6) is 0 Å². The third kappa shape index (κ3) is 4.94. The van der Waals surface area contributed by atoms with Crippen LogP contribution in [-0.4, -0.2) is 18.5 Å². The smallest absolute Gasteiger partial charge is 0.340 e. The van der Waals surface area contributed by atoms with E-state index in [1.54, 1.807) is 25.1 Å². The molecule has 0 unspecified atom stereocenters. The number of esters is 1. The Morgan fingerprint density at radius 3 is 2.62 bits per heavy atom. The van der Waals surface area contributed by atoms with Crippen molar-refractivity contribution in [2.75, 3.05) is 11.9 Å². The molecule has 0 aliphatic rings. The number of nitrogens with one attached hydrogen (secondary N) is 1. The molecule has 9 heteroatoms. The maximum atomic E-state index is 13.2. The molecular formula is C17H11ClF2N2O3S. The number of nitrogens with zero attached hydrogens (tertiary/aromatic N) is 1. The van der Waals surface area contributed by atoms with Gasteiger partial charge in [0.1, 0.15) is 5.40 Å². The lowest BCUT2D eigenvalue weighted by Crippen LogP contribution is -2.21. The zero-order valence-corrected chi connectivity index (χ0v) is 14.9. The predicted octanol–water partition coefficient (Wildman–Crippen LogP) is 4.30. The van der Waals surface area contributed by atoms with E-state index in [1.165, 1.54) is 0 Å². The van der Waals surface area contributed by atoms with Crippen LogP contribution in [0.4, 0.5) is 14.5 Å². The molecule has 2 rings (SSSR count). The fourth-order valence-corrected chi connectivity index (χ4v) is 2.67. The van der Waals surface area contributed by atoms with Crippen LogP contribution in [0.15, 0.2) is 35.2 Å². The normalized spacial score (nSPS) is 10.1. The molecule has 0 aliphatic carbocycles. The van der Waals surface area contributed by atoms with Gasteiger partial charge in [0.15, 0.2) is 18.2 Å². The number of ether oxygens (including phenoxy) is 1. The molecule has 0 bridgehead atoms. The van der Waals surface area contributed by atoms with Gasteiger partial charge in [0.25, 0.3) is 5.91 Å². The topological polar surface area (TPSA) is 79.2 Å². The van der Waals surface area contributed by atoms with Crippen LogP contribution >= 0.6 is 23.4 Å². The first-order chi connectivity index (χ1) is 12.3. The van der Waals surface area contributed by atoms with Crippen molar-refractivity contribution in [3.63, 3.8) is 0 Å². The Morgan fingerprint density at radius 2 is 1.96 bits per heavy atom. The molecule has 134 valence electrons. The lowest BCUT2D eigenvalue weighted by atomic mass is 10.2. The molecule has 0 heterocycles. The summed E-state index contributed by atoms with van der Waals surface area (Å²) in [7, 11) is 0. The van der Waals surface area contributed by atoms with Crippen molar-refractivity contribution in [3.8, 4) is 5.40 Å². The maximum absolute atomic E-state index is 13.2. The van der Waals surface area contributed by atoms with E-state index in [4.69, 9.17) is 21.6 Å². The summed E-state index contributed by atoms with van der Waals surface area (Å²) in [6, 6.07) is 6.24. The van der Waals surface area contributed by atoms with Crippen LogP contribution in [0, 0.1) is 29.2 Å². The van der Waals surface area contributed by atoms with E-state index in [0.29, 0.717) is 23.4 Å². The number of anilines is 1. The molecule has 0 aliphatic heterocycles. The number of halogens is 3. The average molecular weight is 397 g/mol. The zero-order valence-electron chi connectivity index (χ0n) is 13.3. The summed E-state index contributed by atoms with van der Waals surface area (Å²) in [6.45, 7) is 1.10. The Balaban J connectivity index is 1.98. The van der Waals surface area contributed by atoms with Gasteiger partial charge in [-0.2, -0.15) is 5.26 Å². The van der Waals surface area contributed by atoms with Gasteiger partial charge in [-0.1, -0.05) is 11.6 Å². The molecule has 0 aromatic heterocycles. The lowest BCUT2D eigenvalue weighted by Gasteiger charge is -2.10. The highest BCUT2D eigenvalue weighted by atomic mass is 35.5. The van der Waals surface area contributed by atoms with Crippen LogP contribution in [0.25, 0.3) is 0 Å². The van der Waals surface area contributed by atoms with Gasteiger partial charge in [0.05, 0.1) is 10.6 Å². The maximum Gasteiger partial charge on any atom is 0.340 e. The van der Waals surface area contributed by atoms with E-state index in [2.05, 4.69) is 5.32 Å². The summed E-state index contributed by atoms with van der Waals surface area (Å²) in [6.07, 6.45) is 0. The van der Waals surface area contributed by atoms with E-state index in [-0.39, 0.29) is 10.6 Å². The van der Waals surface area contributed by atoms with E-state index in [9.17, 15) is 18.4 Å². The summed E-state index contributed by atoms with van der Waals surface area (Å²) < 4.78 is 31.0. The van der Waals surface area contributed by atoms with Gasteiger partial charge in [-0.25, -0.2) is 13.6 Å². The standard InChI is InChI=1S/C17H11ClF2N2O3S/c1-9-4-10(26-8-21)2-3-15(9)22-16(23)7-25-17(24)11-5-13(19)14(20)6-12(11)18/h2-6H,7H2,1H3,(H,22,23). The largest absolute Gasteiger partial charge is 0.452 e. The number of thioether (sulfide) groups is 1. The van der Waals surface area contributed by atoms with Gasteiger partial charge in [-0.15, -0.1) is 0 Å². The molecule has 5 nitrogen and oxygen atoms in total. The van der Waals surface area contributed by atoms with Crippen molar-refractivity contribution in [2.24, 2.45) is 0 Å². The summed E-state index contributed by atoms with van der Waals surface area (Å²) in [4.78, 5) is 24.5. The molecule has 0 spiro atoms. The van der Waals surface area contributed by atoms with Crippen LogP contribution in [0.2, 0.25) is 5.02 Å². The highest BCUT2D eigenvalue weighted by molar-refractivity contribution is 8.03. The quantitative estimate of drug-likeness (QED) is 0.353. The highest BCUT2D eigenvalue weighted by Crippen LogP contribution is 2.23. The SMILES string of the molecule is Cc1cc(SC#N)ccc1NC(=O)COC(=O)c1cc(F)c(F)cc1Cl. The molecule has 0 atom stereocenters. The first kappa shape index (κ1) is 19.7. The molecule has 26 heavy (non-hydrogen) atoms. The summed E-state index contributed by atoms with van der Waals surface area (Å²) in [5, 5.41) is 12.8. The van der Waals surface area contributed by atoms with Gasteiger partial charge in [-0.05, 0) is 54.6 Å². The number of carbonyl (C=O) groups excluding carboxylic acids is 2. The number of hydrogen-bond acceptors (Lipinski definition) is 5. The highest BCUT2D eigenvalue weighted by Gasteiger charge is 2.17. The Bertz CT molecular complexity index is 916. The van der Waals surface area contributed by atoms with Gasteiger partial charge in [0, 0.05) is 10.6 Å². The van der Waals surface area contributed by atoms with Crippen LogP contribution in [0.1, 0.15) is 15.9 Å². The van der Waals surface area contributed by atoms with Crippen LogP contribution in [0.3, 0.4) is 0 Å². The van der Waals surface area contributed by atoms with Crippen molar-refractivity contribution in [3.05, 3.63) is 58.1 Å². The first-order valence-electron chi connectivity index (χ1n) is 7.10. The van der Waals surface area contributed by atoms with Crippen molar-refractivity contribution < 1.29 is 23.1 Å². The second-order valence-corrected chi connectivity index (χ2v) is 6.31. The van der Waals surface area contributed by atoms with Crippen molar-refractivity contribution in [2.45, 2.75) is 11.8 Å². The van der Waals surface area contributed by atoms with Gasteiger partial charge < -0.3 is 10.1 Å². The van der Waals surface area contributed by atoms with E-state index >= 15 is 0 Å². The monoisotopic (exact) mass is 396 g/mol. The van der Waals surface area contributed by atoms with Crippen molar-refractivity contribution in [1.82, 2.24) is 0 Å². The number of nitriles is 1. The molecule has 0 fully saturated rings. The van der Waals surface area contributed by atoms with Crippen molar-refractivity contribution >= 4 is 40.9 Å². The number of carbonyl (C=O) groups is 2. The number of benzene rings is 2. The van der Waals surface area contributed by atoms with Crippen LogP contribution < -0.4 is 5.32 Å². The molecule has 1 amide bonds.